The summed E-state index contributed by atoms with van der Waals surface area (Å²) in [5.74, 6) is -0.669. The lowest BCUT2D eigenvalue weighted by molar-refractivity contribution is -0.137. The Morgan fingerprint density at radius 1 is 0.750 bits per heavy atom. The number of carboxylic acids is 1. The quantitative estimate of drug-likeness (QED) is 0.210. The molecule has 4 N–H and O–H groups in total. The molecule has 0 rings (SSSR count). The van der Waals surface area contributed by atoms with Crippen LogP contribution in [0, 0.1) is 0 Å². The van der Waals surface area contributed by atoms with E-state index in [2.05, 4.69) is 10.6 Å². The molecule has 0 bridgehead atoms. The molecular weight excluding hydrogens is 304 g/mol. The molecule has 0 spiro atoms. The highest BCUT2D eigenvalue weighted by atomic mass is 16.4. The van der Waals surface area contributed by atoms with Gasteiger partial charge in [0, 0.05) is 6.42 Å². The number of aliphatic hydroxyl groups is 1. The van der Waals surface area contributed by atoms with Gasteiger partial charge in [-0.15, -0.1) is 0 Å². The zero-order chi connectivity index (χ0) is 17.9. The van der Waals surface area contributed by atoms with E-state index in [0.29, 0.717) is 6.42 Å². The van der Waals surface area contributed by atoms with Crippen LogP contribution in [-0.2, 0) is 4.79 Å². The summed E-state index contributed by atoms with van der Waals surface area (Å²) < 4.78 is 0. The number of rotatable bonds is 19. The van der Waals surface area contributed by atoms with Crippen molar-refractivity contribution in [1.29, 1.82) is 0 Å². The van der Waals surface area contributed by atoms with Crippen LogP contribution in [0.15, 0.2) is 0 Å². The third-order valence-corrected chi connectivity index (χ3v) is 4.30. The van der Waals surface area contributed by atoms with Crippen LogP contribution < -0.4 is 10.6 Å². The molecular formula is C19H40N2O3. The van der Waals surface area contributed by atoms with Crippen molar-refractivity contribution in [3.63, 3.8) is 0 Å². The number of carbonyl (C=O) groups is 1. The lowest BCUT2D eigenvalue weighted by atomic mass is 10.0. The van der Waals surface area contributed by atoms with Gasteiger partial charge in [0.25, 0.3) is 0 Å². The molecule has 0 radical (unpaired) electrons. The second-order valence-corrected chi connectivity index (χ2v) is 6.65. The summed E-state index contributed by atoms with van der Waals surface area (Å²) in [4.78, 5) is 10.4. The van der Waals surface area contributed by atoms with E-state index in [1.807, 2.05) is 6.92 Å². The molecule has 0 aromatic carbocycles. The molecule has 0 aliphatic heterocycles. The van der Waals surface area contributed by atoms with Crippen molar-refractivity contribution in [2.75, 3.05) is 13.1 Å². The number of hydrogen-bond donors (Lipinski definition) is 4. The van der Waals surface area contributed by atoms with Gasteiger partial charge in [-0.05, 0) is 25.9 Å². The summed E-state index contributed by atoms with van der Waals surface area (Å²) in [6.45, 7) is 3.63. The van der Waals surface area contributed by atoms with Gasteiger partial charge in [0.15, 0.2) is 6.35 Å². The van der Waals surface area contributed by atoms with Gasteiger partial charge >= 0.3 is 5.97 Å². The van der Waals surface area contributed by atoms with Crippen LogP contribution in [0.3, 0.4) is 0 Å². The molecule has 1 unspecified atom stereocenters. The Bertz CT molecular complexity index is 275. The van der Waals surface area contributed by atoms with Crippen molar-refractivity contribution < 1.29 is 15.0 Å². The van der Waals surface area contributed by atoms with E-state index in [1.165, 1.54) is 64.2 Å². The summed E-state index contributed by atoms with van der Waals surface area (Å²) >= 11 is 0. The Balaban J connectivity index is 3.04. The minimum atomic E-state index is -0.669. The van der Waals surface area contributed by atoms with E-state index >= 15 is 0 Å². The molecule has 0 aromatic rings. The first-order valence-electron chi connectivity index (χ1n) is 10.0. The summed E-state index contributed by atoms with van der Waals surface area (Å²) in [5, 5.41) is 23.9. The fraction of sp³-hybridized carbons (Fsp3) is 0.947. The first kappa shape index (κ1) is 23.4. The third kappa shape index (κ3) is 19.4. The van der Waals surface area contributed by atoms with Gasteiger partial charge in [-0.25, -0.2) is 0 Å². The SMILES string of the molecule is CCNC(O)NCCCCCCCCCCCCCCCC(=O)O. The number of nitrogens with one attached hydrogen (secondary N) is 2. The monoisotopic (exact) mass is 344 g/mol. The predicted molar refractivity (Wildman–Crippen MR) is 100.0 cm³/mol. The van der Waals surface area contributed by atoms with Gasteiger partial charge in [0.1, 0.15) is 0 Å². The minimum Gasteiger partial charge on any atom is -0.481 e. The molecule has 0 saturated heterocycles. The second kappa shape index (κ2) is 18.7. The highest BCUT2D eigenvalue weighted by molar-refractivity contribution is 5.66. The highest BCUT2D eigenvalue weighted by Crippen LogP contribution is 2.12. The minimum absolute atomic E-state index is 0.326. The van der Waals surface area contributed by atoms with Gasteiger partial charge in [0.05, 0.1) is 0 Å². The highest BCUT2D eigenvalue weighted by Gasteiger charge is 1.99. The predicted octanol–water partition coefficient (Wildman–Crippen LogP) is 4.01. The largest absolute Gasteiger partial charge is 0.481 e. The van der Waals surface area contributed by atoms with Crippen LogP contribution in [0.2, 0.25) is 0 Å². The zero-order valence-corrected chi connectivity index (χ0v) is 15.7. The topological polar surface area (TPSA) is 81.6 Å². The van der Waals surface area contributed by atoms with E-state index in [4.69, 9.17) is 5.11 Å². The Morgan fingerprint density at radius 3 is 1.58 bits per heavy atom. The maximum atomic E-state index is 10.4. The van der Waals surface area contributed by atoms with Crippen LogP contribution in [0.5, 0.6) is 0 Å². The number of aliphatic hydroxyl groups excluding tert-OH is 1. The molecule has 144 valence electrons. The normalized spacial score (nSPS) is 12.4. The van der Waals surface area contributed by atoms with Gasteiger partial charge in [-0.3, -0.25) is 15.4 Å². The van der Waals surface area contributed by atoms with Gasteiger partial charge in [-0.2, -0.15) is 0 Å². The maximum Gasteiger partial charge on any atom is 0.303 e. The van der Waals surface area contributed by atoms with E-state index < -0.39 is 12.3 Å². The molecule has 0 aliphatic rings. The second-order valence-electron chi connectivity index (χ2n) is 6.65. The first-order chi connectivity index (χ1) is 11.7. The summed E-state index contributed by atoms with van der Waals surface area (Å²) in [7, 11) is 0. The molecule has 0 fully saturated rings. The first-order valence-corrected chi connectivity index (χ1v) is 10.0. The van der Waals surface area contributed by atoms with E-state index in [-0.39, 0.29) is 0 Å². The molecule has 24 heavy (non-hydrogen) atoms. The fourth-order valence-electron chi connectivity index (χ4n) is 2.85. The van der Waals surface area contributed by atoms with Crippen LogP contribution in [0.4, 0.5) is 0 Å². The summed E-state index contributed by atoms with van der Waals surface area (Å²) in [5.41, 5.74) is 0. The molecule has 5 heteroatoms. The van der Waals surface area contributed by atoms with Crippen molar-refractivity contribution in [3.8, 4) is 0 Å². The van der Waals surface area contributed by atoms with Gasteiger partial charge in [-0.1, -0.05) is 77.6 Å². The number of hydrogen-bond acceptors (Lipinski definition) is 4. The van der Waals surface area contributed by atoms with Gasteiger partial charge < -0.3 is 10.2 Å². The van der Waals surface area contributed by atoms with Crippen molar-refractivity contribution in [1.82, 2.24) is 10.6 Å². The Labute approximate surface area is 148 Å². The maximum absolute atomic E-state index is 10.4. The molecule has 1 atom stereocenters. The Kier molecular flexibility index (Phi) is 18.2. The lowest BCUT2D eigenvalue weighted by Gasteiger charge is -2.12. The molecule has 0 aromatic heterocycles. The lowest BCUT2D eigenvalue weighted by Crippen LogP contribution is -2.42. The molecule has 0 aliphatic carbocycles. The van der Waals surface area contributed by atoms with E-state index in [0.717, 1.165) is 32.4 Å². The molecule has 5 nitrogen and oxygen atoms in total. The Hall–Kier alpha value is -0.650. The van der Waals surface area contributed by atoms with Crippen molar-refractivity contribution in [2.24, 2.45) is 0 Å². The molecule has 0 saturated carbocycles. The third-order valence-electron chi connectivity index (χ3n) is 4.30. The molecule has 0 amide bonds. The zero-order valence-electron chi connectivity index (χ0n) is 15.7. The van der Waals surface area contributed by atoms with Crippen LogP contribution >= 0.6 is 0 Å². The number of aliphatic carboxylic acids is 1. The Morgan fingerprint density at radius 2 is 1.17 bits per heavy atom. The standard InChI is InChI=1S/C19H40N2O3/c1-2-20-19(24)21-17-15-13-11-9-7-5-3-4-6-8-10-12-14-16-18(22)23/h19-21,24H,2-17H2,1H3,(H,22,23). The molecule has 0 heterocycles. The van der Waals surface area contributed by atoms with E-state index in [9.17, 15) is 9.90 Å². The van der Waals surface area contributed by atoms with Crippen molar-refractivity contribution in [3.05, 3.63) is 0 Å². The van der Waals surface area contributed by atoms with Crippen molar-refractivity contribution >= 4 is 5.97 Å². The average Bonchev–Trinajstić information content (AvgIpc) is 2.54. The summed E-state index contributed by atoms with van der Waals surface area (Å²) in [6, 6.07) is 0. The number of unbranched alkanes of at least 4 members (excludes halogenated alkanes) is 12. The van der Waals surface area contributed by atoms with Crippen LogP contribution in [0.25, 0.3) is 0 Å². The van der Waals surface area contributed by atoms with Crippen LogP contribution in [-0.4, -0.2) is 35.6 Å². The van der Waals surface area contributed by atoms with Crippen molar-refractivity contribution in [2.45, 2.75) is 103 Å². The smallest absolute Gasteiger partial charge is 0.303 e. The fourth-order valence-corrected chi connectivity index (χ4v) is 2.85. The van der Waals surface area contributed by atoms with E-state index in [1.54, 1.807) is 0 Å². The average molecular weight is 345 g/mol. The number of carboxylic acid groups (broad SMARTS) is 1. The summed E-state index contributed by atoms with van der Waals surface area (Å²) in [6.07, 6.45) is 15.7. The van der Waals surface area contributed by atoms with Crippen LogP contribution in [0.1, 0.15) is 96.8 Å². The van der Waals surface area contributed by atoms with Gasteiger partial charge in [0.2, 0.25) is 0 Å².